The highest BCUT2D eigenvalue weighted by Gasteiger charge is 2.12. The molecule has 0 spiro atoms. The summed E-state index contributed by atoms with van der Waals surface area (Å²) in [6.45, 7) is 2.59. The van der Waals surface area contributed by atoms with Gasteiger partial charge in [-0.15, -0.1) is 0 Å². The van der Waals surface area contributed by atoms with Crippen molar-refractivity contribution in [2.24, 2.45) is 0 Å². The lowest BCUT2D eigenvalue weighted by Crippen LogP contribution is -2.09. The predicted molar refractivity (Wildman–Crippen MR) is 80.0 cm³/mol. The van der Waals surface area contributed by atoms with Crippen LogP contribution in [0.1, 0.15) is 43.0 Å². The molecule has 0 atom stereocenters. The van der Waals surface area contributed by atoms with E-state index in [0.717, 1.165) is 12.8 Å². The van der Waals surface area contributed by atoms with Gasteiger partial charge in [-0.25, -0.2) is 4.79 Å². The first-order valence-corrected chi connectivity index (χ1v) is 7.31. The number of benzene rings is 1. The summed E-state index contributed by atoms with van der Waals surface area (Å²) in [4.78, 5) is 11.7. The molecule has 0 aromatic heterocycles. The number of unbranched alkanes of at least 4 members (excludes halogenated alkanes) is 3. The van der Waals surface area contributed by atoms with Crippen molar-refractivity contribution in [3.05, 3.63) is 23.8 Å². The minimum absolute atomic E-state index is 0.0170. The molecule has 0 aliphatic heterocycles. The molecule has 0 aliphatic carbocycles. The SMILES string of the molecule is CCCCCCOc1ccc(C(=O)OCCO)cc1OC. The van der Waals surface area contributed by atoms with E-state index in [4.69, 9.17) is 19.3 Å². The van der Waals surface area contributed by atoms with Crippen LogP contribution in [0.3, 0.4) is 0 Å². The largest absolute Gasteiger partial charge is 0.493 e. The summed E-state index contributed by atoms with van der Waals surface area (Å²) in [6, 6.07) is 4.92. The first-order chi connectivity index (χ1) is 10.2. The Morgan fingerprint density at radius 3 is 2.62 bits per heavy atom. The summed E-state index contributed by atoms with van der Waals surface area (Å²) >= 11 is 0. The molecule has 0 heterocycles. The molecular weight excluding hydrogens is 272 g/mol. The highest BCUT2D eigenvalue weighted by atomic mass is 16.5. The molecule has 0 unspecified atom stereocenters. The van der Waals surface area contributed by atoms with Crippen LogP contribution in [-0.4, -0.2) is 38.0 Å². The smallest absolute Gasteiger partial charge is 0.338 e. The molecule has 0 radical (unpaired) electrons. The van der Waals surface area contributed by atoms with E-state index in [2.05, 4.69) is 6.92 Å². The lowest BCUT2D eigenvalue weighted by atomic mass is 10.2. The number of methoxy groups -OCH3 is 1. The summed E-state index contributed by atoms with van der Waals surface area (Å²) in [7, 11) is 1.53. The number of ether oxygens (including phenoxy) is 3. The number of aliphatic hydroxyl groups is 1. The Kier molecular flexibility index (Phi) is 8.28. The maximum absolute atomic E-state index is 11.7. The van der Waals surface area contributed by atoms with Crippen molar-refractivity contribution in [2.45, 2.75) is 32.6 Å². The van der Waals surface area contributed by atoms with Crippen LogP contribution in [0, 0.1) is 0 Å². The highest BCUT2D eigenvalue weighted by molar-refractivity contribution is 5.90. The molecule has 5 heteroatoms. The quantitative estimate of drug-likeness (QED) is 0.531. The van der Waals surface area contributed by atoms with Gasteiger partial charge in [0.2, 0.25) is 0 Å². The standard InChI is InChI=1S/C16H24O5/c1-3-4-5-6-10-20-14-8-7-13(12-15(14)19-2)16(18)21-11-9-17/h7-8,12,17H,3-6,9-11H2,1-2H3. The number of carbonyl (C=O) groups excluding carboxylic acids is 1. The van der Waals surface area contributed by atoms with Gasteiger partial charge in [-0.1, -0.05) is 26.2 Å². The average molecular weight is 296 g/mol. The van der Waals surface area contributed by atoms with Crippen molar-refractivity contribution in [3.63, 3.8) is 0 Å². The van der Waals surface area contributed by atoms with Crippen LogP contribution in [-0.2, 0) is 4.74 Å². The van der Waals surface area contributed by atoms with Gasteiger partial charge in [-0.3, -0.25) is 0 Å². The van der Waals surface area contributed by atoms with Crippen LogP contribution in [0.15, 0.2) is 18.2 Å². The van der Waals surface area contributed by atoms with E-state index in [0.29, 0.717) is 23.7 Å². The van der Waals surface area contributed by atoms with E-state index in [1.807, 2.05) is 0 Å². The van der Waals surface area contributed by atoms with Gasteiger partial charge in [0.15, 0.2) is 11.5 Å². The highest BCUT2D eigenvalue weighted by Crippen LogP contribution is 2.28. The number of hydrogen-bond acceptors (Lipinski definition) is 5. The molecule has 118 valence electrons. The van der Waals surface area contributed by atoms with E-state index < -0.39 is 5.97 Å². The molecule has 0 amide bonds. The first-order valence-electron chi connectivity index (χ1n) is 7.31. The Morgan fingerprint density at radius 2 is 1.95 bits per heavy atom. The third-order valence-corrected chi connectivity index (χ3v) is 2.98. The van der Waals surface area contributed by atoms with Crippen LogP contribution in [0.4, 0.5) is 0 Å². The van der Waals surface area contributed by atoms with Crippen LogP contribution in [0.25, 0.3) is 0 Å². The number of rotatable bonds is 10. The van der Waals surface area contributed by atoms with Crippen LogP contribution in [0.2, 0.25) is 0 Å². The molecule has 0 saturated heterocycles. The first kappa shape index (κ1) is 17.3. The van der Waals surface area contributed by atoms with E-state index in [-0.39, 0.29) is 13.2 Å². The molecule has 5 nitrogen and oxygen atoms in total. The summed E-state index contributed by atoms with van der Waals surface area (Å²) < 4.78 is 15.8. The number of aliphatic hydroxyl groups excluding tert-OH is 1. The van der Waals surface area contributed by atoms with E-state index >= 15 is 0 Å². The second-order valence-electron chi connectivity index (χ2n) is 4.63. The minimum atomic E-state index is -0.489. The molecule has 0 aliphatic rings. The van der Waals surface area contributed by atoms with Crippen LogP contribution < -0.4 is 9.47 Å². The number of esters is 1. The van der Waals surface area contributed by atoms with Gasteiger partial charge in [0.1, 0.15) is 6.61 Å². The normalized spacial score (nSPS) is 10.2. The van der Waals surface area contributed by atoms with Crippen molar-refractivity contribution < 1.29 is 24.1 Å². The molecule has 1 aromatic carbocycles. The minimum Gasteiger partial charge on any atom is -0.493 e. The monoisotopic (exact) mass is 296 g/mol. The Morgan fingerprint density at radius 1 is 1.14 bits per heavy atom. The lowest BCUT2D eigenvalue weighted by Gasteiger charge is -2.12. The van der Waals surface area contributed by atoms with Gasteiger partial charge in [-0.2, -0.15) is 0 Å². The zero-order valence-electron chi connectivity index (χ0n) is 12.8. The van der Waals surface area contributed by atoms with Crippen molar-refractivity contribution in [3.8, 4) is 11.5 Å². The fourth-order valence-electron chi connectivity index (χ4n) is 1.85. The molecular formula is C16H24O5. The molecule has 1 N–H and O–H groups in total. The topological polar surface area (TPSA) is 65.0 Å². The predicted octanol–water partition coefficient (Wildman–Crippen LogP) is 2.80. The summed E-state index contributed by atoms with van der Waals surface area (Å²) in [6.07, 6.45) is 4.53. The maximum Gasteiger partial charge on any atom is 0.338 e. The third-order valence-electron chi connectivity index (χ3n) is 2.98. The van der Waals surface area contributed by atoms with Gasteiger partial charge in [0.05, 0.1) is 25.9 Å². The van der Waals surface area contributed by atoms with Crippen molar-refractivity contribution >= 4 is 5.97 Å². The molecule has 0 bridgehead atoms. The lowest BCUT2D eigenvalue weighted by molar-refractivity contribution is 0.0433. The summed E-state index contributed by atoms with van der Waals surface area (Å²) in [5, 5.41) is 8.64. The van der Waals surface area contributed by atoms with Gasteiger partial charge in [0.25, 0.3) is 0 Å². The van der Waals surface area contributed by atoms with E-state index in [1.54, 1.807) is 18.2 Å². The van der Waals surface area contributed by atoms with Crippen molar-refractivity contribution in [2.75, 3.05) is 26.9 Å². The number of carbonyl (C=O) groups is 1. The zero-order chi connectivity index (χ0) is 15.5. The number of hydrogen-bond donors (Lipinski definition) is 1. The van der Waals surface area contributed by atoms with Crippen molar-refractivity contribution in [1.82, 2.24) is 0 Å². The van der Waals surface area contributed by atoms with Gasteiger partial charge in [0, 0.05) is 0 Å². The molecule has 1 aromatic rings. The molecule has 21 heavy (non-hydrogen) atoms. The third kappa shape index (κ3) is 6.04. The second-order valence-corrected chi connectivity index (χ2v) is 4.63. The zero-order valence-corrected chi connectivity index (χ0v) is 12.8. The van der Waals surface area contributed by atoms with Gasteiger partial charge < -0.3 is 19.3 Å². The second kappa shape index (κ2) is 10.0. The Balaban J connectivity index is 2.59. The fourth-order valence-corrected chi connectivity index (χ4v) is 1.85. The van der Waals surface area contributed by atoms with Crippen LogP contribution >= 0.6 is 0 Å². The summed E-state index contributed by atoms with van der Waals surface area (Å²) in [5.74, 6) is 0.633. The van der Waals surface area contributed by atoms with E-state index in [9.17, 15) is 4.79 Å². The van der Waals surface area contributed by atoms with Gasteiger partial charge in [-0.05, 0) is 24.6 Å². The van der Waals surface area contributed by atoms with Crippen LogP contribution in [0.5, 0.6) is 11.5 Å². The molecule has 0 fully saturated rings. The molecule has 1 rings (SSSR count). The Hall–Kier alpha value is -1.75. The fraction of sp³-hybridized carbons (Fsp3) is 0.562. The van der Waals surface area contributed by atoms with E-state index in [1.165, 1.54) is 20.0 Å². The maximum atomic E-state index is 11.7. The Labute approximate surface area is 125 Å². The summed E-state index contributed by atoms with van der Waals surface area (Å²) in [5.41, 5.74) is 0.374. The van der Waals surface area contributed by atoms with Gasteiger partial charge >= 0.3 is 5.97 Å². The average Bonchev–Trinajstić information content (AvgIpc) is 2.52. The Bertz CT molecular complexity index is 431. The van der Waals surface area contributed by atoms with Crippen molar-refractivity contribution in [1.29, 1.82) is 0 Å². The molecule has 0 saturated carbocycles.